The predicted molar refractivity (Wildman–Crippen MR) is 83.3 cm³/mol. The molecule has 1 saturated heterocycles. The molecule has 0 amide bonds. The minimum Gasteiger partial charge on any atom is -0.384 e. The summed E-state index contributed by atoms with van der Waals surface area (Å²) in [5.41, 5.74) is 3.76. The van der Waals surface area contributed by atoms with Crippen LogP contribution in [0.3, 0.4) is 0 Å². The number of aryl methyl sites for hydroxylation is 2. The van der Waals surface area contributed by atoms with E-state index in [0.29, 0.717) is 5.92 Å². The maximum atomic E-state index is 5.33. The zero-order valence-corrected chi connectivity index (χ0v) is 13.2. The molecule has 0 aromatic carbocycles. The first-order valence-corrected chi connectivity index (χ1v) is 7.51. The summed E-state index contributed by atoms with van der Waals surface area (Å²) in [5, 5.41) is 3.27. The molecule has 1 aliphatic rings. The Morgan fingerprint density at radius 3 is 2.95 bits per heavy atom. The summed E-state index contributed by atoms with van der Waals surface area (Å²) in [6.45, 7) is 8.15. The van der Waals surface area contributed by atoms with Crippen LogP contribution in [0.15, 0.2) is 6.07 Å². The number of methoxy groups -OCH3 is 1. The van der Waals surface area contributed by atoms with Crippen molar-refractivity contribution in [1.82, 2.24) is 10.3 Å². The molecule has 4 nitrogen and oxygen atoms in total. The van der Waals surface area contributed by atoms with Gasteiger partial charge < -0.3 is 15.0 Å². The van der Waals surface area contributed by atoms with Gasteiger partial charge in [-0.15, -0.1) is 0 Å². The van der Waals surface area contributed by atoms with Crippen LogP contribution in [0.1, 0.15) is 29.7 Å². The van der Waals surface area contributed by atoms with Gasteiger partial charge in [0.05, 0.1) is 6.61 Å². The molecule has 1 aromatic heterocycles. The van der Waals surface area contributed by atoms with E-state index in [1.54, 1.807) is 7.11 Å². The molecule has 4 heteroatoms. The van der Waals surface area contributed by atoms with Crippen LogP contribution in [0.2, 0.25) is 0 Å². The van der Waals surface area contributed by atoms with Crippen molar-refractivity contribution in [2.24, 2.45) is 5.92 Å². The topological polar surface area (TPSA) is 37.4 Å². The molecule has 0 spiro atoms. The molecule has 1 aliphatic heterocycles. The highest BCUT2D eigenvalue weighted by atomic mass is 16.5. The van der Waals surface area contributed by atoms with E-state index in [1.165, 1.54) is 24.0 Å². The number of pyridine rings is 1. The van der Waals surface area contributed by atoms with Crippen LogP contribution < -0.4 is 10.2 Å². The zero-order valence-electron chi connectivity index (χ0n) is 13.2. The highest BCUT2D eigenvalue weighted by molar-refractivity contribution is 5.52. The van der Waals surface area contributed by atoms with Gasteiger partial charge in [0.1, 0.15) is 5.82 Å². The van der Waals surface area contributed by atoms with E-state index in [4.69, 9.17) is 9.72 Å². The highest BCUT2D eigenvalue weighted by Crippen LogP contribution is 2.27. The fraction of sp³-hybridized carbons (Fsp3) is 0.688. The van der Waals surface area contributed by atoms with Crippen LogP contribution in [-0.2, 0) is 11.3 Å². The number of anilines is 1. The van der Waals surface area contributed by atoms with Crippen molar-refractivity contribution in [2.45, 2.75) is 33.2 Å². The van der Waals surface area contributed by atoms with Crippen molar-refractivity contribution in [3.8, 4) is 0 Å². The summed E-state index contributed by atoms with van der Waals surface area (Å²) in [4.78, 5) is 7.26. The molecular weight excluding hydrogens is 250 g/mol. The number of nitrogens with zero attached hydrogens (tertiary/aromatic N) is 2. The van der Waals surface area contributed by atoms with Crippen LogP contribution in [-0.4, -0.2) is 38.8 Å². The lowest BCUT2D eigenvalue weighted by molar-refractivity contribution is 0.143. The van der Waals surface area contributed by atoms with Gasteiger partial charge >= 0.3 is 0 Å². The number of rotatable bonds is 5. The van der Waals surface area contributed by atoms with Gasteiger partial charge in [0, 0.05) is 38.0 Å². The first-order chi connectivity index (χ1) is 9.65. The average Bonchev–Trinajstić information content (AvgIpc) is 2.42. The van der Waals surface area contributed by atoms with Crippen molar-refractivity contribution in [1.29, 1.82) is 0 Å². The lowest BCUT2D eigenvalue weighted by atomic mass is 9.98. The second-order valence-corrected chi connectivity index (χ2v) is 5.82. The van der Waals surface area contributed by atoms with Gasteiger partial charge in [-0.25, -0.2) is 4.98 Å². The zero-order chi connectivity index (χ0) is 14.5. The summed E-state index contributed by atoms with van der Waals surface area (Å²) >= 11 is 0. The monoisotopic (exact) mass is 277 g/mol. The molecule has 1 fully saturated rings. The number of piperidine rings is 1. The Balaban J connectivity index is 2.26. The number of hydrogen-bond acceptors (Lipinski definition) is 4. The number of nitrogens with one attached hydrogen (secondary N) is 1. The first-order valence-electron chi connectivity index (χ1n) is 7.51. The number of aromatic nitrogens is 1. The summed E-state index contributed by atoms with van der Waals surface area (Å²) < 4.78 is 5.33. The SMILES string of the molecule is CNCc1c(C)cc(C)nc1N1CCCC(COC)C1. The maximum Gasteiger partial charge on any atom is 0.133 e. The number of hydrogen-bond donors (Lipinski definition) is 1. The normalized spacial score (nSPS) is 19.4. The second-order valence-electron chi connectivity index (χ2n) is 5.82. The van der Waals surface area contributed by atoms with E-state index in [0.717, 1.165) is 37.8 Å². The van der Waals surface area contributed by atoms with Crippen LogP contribution in [0.5, 0.6) is 0 Å². The van der Waals surface area contributed by atoms with Crippen LogP contribution in [0.4, 0.5) is 5.82 Å². The first kappa shape index (κ1) is 15.3. The van der Waals surface area contributed by atoms with Gasteiger partial charge in [0.15, 0.2) is 0 Å². The van der Waals surface area contributed by atoms with Crippen molar-refractivity contribution in [3.63, 3.8) is 0 Å². The Morgan fingerprint density at radius 2 is 2.25 bits per heavy atom. The molecule has 2 rings (SSSR count). The standard InChI is InChI=1S/C16H27N3O/c1-12-8-13(2)18-16(15(12)9-17-3)19-7-5-6-14(10-19)11-20-4/h8,14,17H,5-7,9-11H2,1-4H3. The molecule has 0 aliphatic carbocycles. The Hall–Kier alpha value is -1.13. The van der Waals surface area contributed by atoms with E-state index in [-0.39, 0.29) is 0 Å². The van der Waals surface area contributed by atoms with Gasteiger partial charge in [-0.05, 0) is 51.3 Å². The fourth-order valence-electron chi connectivity index (χ4n) is 3.13. The minimum absolute atomic E-state index is 0.624. The molecule has 1 aromatic rings. The summed E-state index contributed by atoms with van der Waals surface area (Å²) in [5.74, 6) is 1.79. The predicted octanol–water partition coefficient (Wildman–Crippen LogP) is 2.28. The van der Waals surface area contributed by atoms with Gasteiger partial charge in [0.25, 0.3) is 0 Å². The third kappa shape index (κ3) is 3.49. The summed E-state index contributed by atoms with van der Waals surface area (Å²) in [6, 6.07) is 2.17. The molecular formula is C16H27N3O. The Morgan fingerprint density at radius 1 is 1.45 bits per heavy atom. The lowest BCUT2D eigenvalue weighted by Crippen LogP contribution is -2.38. The van der Waals surface area contributed by atoms with Crippen molar-refractivity contribution < 1.29 is 4.74 Å². The van der Waals surface area contributed by atoms with E-state index in [9.17, 15) is 0 Å². The molecule has 0 saturated carbocycles. The lowest BCUT2D eigenvalue weighted by Gasteiger charge is -2.35. The van der Waals surface area contributed by atoms with E-state index in [2.05, 4.69) is 30.1 Å². The minimum atomic E-state index is 0.624. The summed E-state index contributed by atoms with van der Waals surface area (Å²) in [7, 11) is 3.79. The molecule has 1 N–H and O–H groups in total. The Bertz CT molecular complexity index is 446. The van der Waals surface area contributed by atoms with Crippen molar-refractivity contribution >= 4 is 5.82 Å². The molecule has 0 bridgehead atoms. The van der Waals surface area contributed by atoms with Gasteiger partial charge in [-0.3, -0.25) is 0 Å². The maximum absolute atomic E-state index is 5.33. The Kier molecular flexibility index (Phi) is 5.38. The second kappa shape index (κ2) is 7.04. The quantitative estimate of drug-likeness (QED) is 0.896. The van der Waals surface area contributed by atoms with Crippen molar-refractivity contribution in [2.75, 3.05) is 38.8 Å². The molecule has 20 heavy (non-hydrogen) atoms. The van der Waals surface area contributed by atoms with E-state index >= 15 is 0 Å². The van der Waals surface area contributed by atoms with E-state index in [1.807, 2.05) is 7.05 Å². The third-order valence-electron chi connectivity index (χ3n) is 4.03. The molecule has 112 valence electrons. The molecule has 0 radical (unpaired) electrons. The highest BCUT2D eigenvalue weighted by Gasteiger charge is 2.23. The van der Waals surface area contributed by atoms with Crippen molar-refractivity contribution in [3.05, 3.63) is 22.9 Å². The largest absolute Gasteiger partial charge is 0.384 e. The van der Waals surface area contributed by atoms with E-state index < -0.39 is 0 Å². The Labute approximate surface area is 122 Å². The summed E-state index contributed by atoms with van der Waals surface area (Å²) in [6.07, 6.45) is 2.48. The van der Waals surface area contributed by atoms with Gasteiger partial charge in [-0.1, -0.05) is 0 Å². The third-order valence-corrected chi connectivity index (χ3v) is 4.03. The molecule has 1 atom stereocenters. The number of ether oxygens (including phenoxy) is 1. The van der Waals surface area contributed by atoms with Gasteiger partial charge in [0.2, 0.25) is 0 Å². The van der Waals surface area contributed by atoms with Crippen LogP contribution in [0.25, 0.3) is 0 Å². The van der Waals surface area contributed by atoms with Crippen LogP contribution >= 0.6 is 0 Å². The average molecular weight is 277 g/mol. The van der Waals surface area contributed by atoms with Gasteiger partial charge in [-0.2, -0.15) is 0 Å². The fourth-order valence-corrected chi connectivity index (χ4v) is 3.13. The molecule has 2 heterocycles. The molecule has 1 unspecified atom stereocenters. The smallest absolute Gasteiger partial charge is 0.133 e. The van der Waals surface area contributed by atoms with Crippen LogP contribution in [0, 0.1) is 19.8 Å².